The molecule has 1 heterocycles. The van der Waals surface area contributed by atoms with Gasteiger partial charge in [0, 0.05) is 24.2 Å². The molecule has 8 heteroatoms. The molecule has 0 saturated carbocycles. The molecule has 0 fully saturated rings. The first-order valence-corrected chi connectivity index (χ1v) is 9.67. The lowest BCUT2D eigenvalue weighted by molar-refractivity contribution is -0.385. The van der Waals surface area contributed by atoms with Gasteiger partial charge in [0.15, 0.2) is 11.4 Å². The number of rotatable bonds is 9. The number of nitrogens with zero attached hydrogens (tertiary/aromatic N) is 3. The van der Waals surface area contributed by atoms with Gasteiger partial charge in [-0.1, -0.05) is 30.0 Å². The molecule has 7 nitrogen and oxygen atoms in total. The standard InChI is InChI=1S/C20H19N3O4S/c1-15-5-2-3-6-18(15)22-10-9-21-20(22)28-12-4-11-27-17-7-8-19(23(25)26)16(13-17)14-24/h2-3,5-10,13-14H,4,11-12H2,1H3. The van der Waals surface area contributed by atoms with Crippen molar-refractivity contribution in [1.82, 2.24) is 9.55 Å². The van der Waals surface area contributed by atoms with Gasteiger partial charge in [-0.3, -0.25) is 19.5 Å². The van der Waals surface area contributed by atoms with Gasteiger partial charge in [-0.25, -0.2) is 4.98 Å². The van der Waals surface area contributed by atoms with Gasteiger partial charge in [0.25, 0.3) is 5.69 Å². The summed E-state index contributed by atoms with van der Waals surface area (Å²) in [5, 5.41) is 11.8. The molecule has 0 aliphatic carbocycles. The molecule has 0 unspecified atom stereocenters. The van der Waals surface area contributed by atoms with E-state index >= 15 is 0 Å². The van der Waals surface area contributed by atoms with Crippen LogP contribution in [-0.2, 0) is 0 Å². The number of thioether (sulfide) groups is 1. The molecule has 0 atom stereocenters. The zero-order valence-electron chi connectivity index (χ0n) is 15.3. The highest BCUT2D eigenvalue weighted by Crippen LogP contribution is 2.24. The number of imidazole rings is 1. The van der Waals surface area contributed by atoms with Crippen molar-refractivity contribution in [3.63, 3.8) is 0 Å². The Kier molecular flexibility index (Phi) is 6.44. The number of nitro benzene ring substituents is 1. The van der Waals surface area contributed by atoms with E-state index in [1.807, 2.05) is 18.3 Å². The molecule has 0 N–H and O–H groups in total. The molecule has 3 rings (SSSR count). The second-order valence-corrected chi connectivity index (χ2v) is 7.07. The van der Waals surface area contributed by atoms with Crippen LogP contribution in [0.5, 0.6) is 5.75 Å². The Labute approximate surface area is 166 Å². The predicted octanol–water partition coefficient (Wildman–Crippen LogP) is 4.46. The maximum Gasteiger partial charge on any atom is 0.280 e. The van der Waals surface area contributed by atoms with E-state index in [1.165, 1.54) is 23.8 Å². The van der Waals surface area contributed by atoms with Crippen LogP contribution in [0.4, 0.5) is 5.69 Å². The van der Waals surface area contributed by atoms with Crippen molar-refractivity contribution in [2.24, 2.45) is 0 Å². The minimum absolute atomic E-state index is 0.0112. The average Bonchev–Trinajstić information content (AvgIpc) is 3.16. The van der Waals surface area contributed by atoms with E-state index in [0.717, 1.165) is 23.0 Å². The van der Waals surface area contributed by atoms with Crippen LogP contribution >= 0.6 is 11.8 Å². The first-order chi connectivity index (χ1) is 13.6. The molecule has 0 saturated heterocycles. The van der Waals surface area contributed by atoms with E-state index in [4.69, 9.17) is 4.74 Å². The zero-order chi connectivity index (χ0) is 19.9. The van der Waals surface area contributed by atoms with Crippen LogP contribution in [0.2, 0.25) is 0 Å². The van der Waals surface area contributed by atoms with Crippen LogP contribution < -0.4 is 4.74 Å². The molecule has 0 radical (unpaired) electrons. The summed E-state index contributed by atoms with van der Waals surface area (Å²) in [6, 6.07) is 12.3. The van der Waals surface area contributed by atoms with Crippen molar-refractivity contribution in [2.45, 2.75) is 18.5 Å². The summed E-state index contributed by atoms with van der Waals surface area (Å²) in [5.41, 5.74) is 2.07. The summed E-state index contributed by atoms with van der Waals surface area (Å²) in [7, 11) is 0. The van der Waals surface area contributed by atoms with Gasteiger partial charge < -0.3 is 4.74 Å². The maximum atomic E-state index is 11.0. The van der Waals surface area contributed by atoms with Crippen molar-refractivity contribution in [3.8, 4) is 11.4 Å². The molecule has 0 aliphatic heterocycles. The molecule has 2 aromatic carbocycles. The summed E-state index contributed by atoms with van der Waals surface area (Å²) >= 11 is 1.63. The van der Waals surface area contributed by atoms with Gasteiger partial charge in [-0.15, -0.1) is 0 Å². The quantitative estimate of drug-likeness (QED) is 0.174. The lowest BCUT2D eigenvalue weighted by Gasteiger charge is -2.10. The maximum absolute atomic E-state index is 11.0. The largest absolute Gasteiger partial charge is 0.494 e. The Hall–Kier alpha value is -3.13. The third-order valence-corrected chi connectivity index (χ3v) is 5.15. The fourth-order valence-electron chi connectivity index (χ4n) is 2.71. The van der Waals surface area contributed by atoms with Crippen LogP contribution in [0, 0.1) is 17.0 Å². The topological polar surface area (TPSA) is 87.3 Å². The molecular formula is C20H19N3O4S. The predicted molar refractivity (Wildman–Crippen MR) is 108 cm³/mol. The van der Waals surface area contributed by atoms with Crippen LogP contribution in [0.3, 0.4) is 0 Å². The van der Waals surface area contributed by atoms with Crippen LogP contribution in [-0.4, -0.2) is 33.1 Å². The molecule has 0 aliphatic rings. The number of para-hydroxylation sites is 1. The minimum Gasteiger partial charge on any atom is -0.494 e. The lowest BCUT2D eigenvalue weighted by atomic mass is 10.2. The van der Waals surface area contributed by atoms with Crippen molar-refractivity contribution in [3.05, 3.63) is 76.1 Å². The van der Waals surface area contributed by atoms with E-state index in [9.17, 15) is 14.9 Å². The number of aryl methyl sites for hydroxylation is 1. The molecule has 0 spiro atoms. The van der Waals surface area contributed by atoms with Gasteiger partial charge in [0.1, 0.15) is 5.75 Å². The van der Waals surface area contributed by atoms with Gasteiger partial charge in [-0.2, -0.15) is 0 Å². The molecule has 28 heavy (non-hydrogen) atoms. The first-order valence-electron chi connectivity index (χ1n) is 8.68. The van der Waals surface area contributed by atoms with Crippen molar-refractivity contribution in [2.75, 3.05) is 12.4 Å². The smallest absolute Gasteiger partial charge is 0.280 e. The lowest BCUT2D eigenvalue weighted by Crippen LogP contribution is -2.02. The average molecular weight is 397 g/mol. The second kappa shape index (κ2) is 9.18. The Morgan fingerprint density at radius 3 is 2.86 bits per heavy atom. The zero-order valence-corrected chi connectivity index (χ0v) is 16.1. The molecule has 144 valence electrons. The van der Waals surface area contributed by atoms with Crippen molar-refractivity contribution < 1.29 is 14.5 Å². The summed E-state index contributed by atoms with van der Waals surface area (Å²) in [6.07, 6.45) is 4.95. The van der Waals surface area contributed by atoms with Gasteiger partial charge in [0.05, 0.1) is 22.8 Å². The fraction of sp³-hybridized carbons (Fsp3) is 0.200. The van der Waals surface area contributed by atoms with E-state index in [0.29, 0.717) is 18.6 Å². The number of aldehydes is 1. The third-order valence-electron chi connectivity index (χ3n) is 4.09. The highest BCUT2D eigenvalue weighted by atomic mass is 32.2. The number of ether oxygens (including phenoxy) is 1. The molecular weight excluding hydrogens is 378 g/mol. The number of nitro groups is 1. The van der Waals surface area contributed by atoms with Crippen LogP contribution in [0.1, 0.15) is 22.3 Å². The van der Waals surface area contributed by atoms with Crippen LogP contribution in [0.25, 0.3) is 5.69 Å². The number of hydrogen-bond donors (Lipinski definition) is 0. The normalized spacial score (nSPS) is 10.6. The Balaban J connectivity index is 1.53. The Morgan fingerprint density at radius 2 is 2.11 bits per heavy atom. The van der Waals surface area contributed by atoms with Crippen molar-refractivity contribution >= 4 is 23.7 Å². The van der Waals surface area contributed by atoms with Gasteiger partial charge in [-0.05, 0) is 37.1 Å². The highest BCUT2D eigenvalue weighted by molar-refractivity contribution is 7.99. The van der Waals surface area contributed by atoms with E-state index in [-0.39, 0.29) is 11.3 Å². The number of hydrogen-bond acceptors (Lipinski definition) is 6. The van der Waals surface area contributed by atoms with Crippen LogP contribution in [0.15, 0.2) is 60.0 Å². The molecule has 1 aromatic heterocycles. The van der Waals surface area contributed by atoms with E-state index in [2.05, 4.69) is 28.6 Å². The van der Waals surface area contributed by atoms with E-state index < -0.39 is 4.92 Å². The summed E-state index contributed by atoms with van der Waals surface area (Å²) < 4.78 is 7.68. The Morgan fingerprint density at radius 1 is 1.29 bits per heavy atom. The summed E-state index contributed by atoms with van der Waals surface area (Å²) in [6.45, 7) is 2.50. The monoisotopic (exact) mass is 397 g/mol. The van der Waals surface area contributed by atoms with Crippen molar-refractivity contribution in [1.29, 1.82) is 0 Å². The minimum atomic E-state index is -0.583. The fourth-order valence-corrected chi connectivity index (χ4v) is 3.59. The number of carbonyl (C=O) groups excluding carboxylic acids is 1. The summed E-state index contributed by atoms with van der Waals surface area (Å²) in [5.74, 6) is 1.25. The third kappa shape index (κ3) is 4.58. The molecule has 0 bridgehead atoms. The highest BCUT2D eigenvalue weighted by Gasteiger charge is 2.14. The number of benzene rings is 2. The van der Waals surface area contributed by atoms with Gasteiger partial charge >= 0.3 is 0 Å². The summed E-state index contributed by atoms with van der Waals surface area (Å²) in [4.78, 5) is 25.7. The number of aromatic nitrogens is 2. The first kappa shape index (κ1) is 19.6. The molecule has 3 aromatic rings. The van der Waals surface area contributed by atoms with Gasteiger partial charge in [0.2, 0.25) is 0 Å². The van der Waals surface area contributed by atoms with E-state index in [1.54, 1.807) is 18.0 Å². The molecule has 0 amide bonds. The number of carbonyl (C=O) groups is 1. The Bertz CT molecular complexity index is 987. The SMILES string of the molecule is Cc1ccccc1-n1ccnc1SCCCOc1ccc([N+](=O)[O-])c(C=O)c1. The second-order valence-electron chi connectivity index (χ2n) is 6.01.